The molecule has 5 rings (SSSR count). The van der Waals surface area contributed by atoms with Gasteiger partial charge in [0.05, 0.1) is 28.6 Å². The highest BCUT2D eigenvalue weighted by atomic mass is 35.5. The normalized spacial score (nSPS) is 19.8. The maximum Gasteiger partial charge on any atom is 0.243 e. The molecule has 1 aromatic heterocycles. The number of sulfonamides is 1. The number of hydrogen-bond acceptors (Lipinski definition) is 5. The fraction of sp³-hybridized carbons (Fsp3) is 0.435. The lowest BCUT2D eigenvalue weighted by molar-refractivity contribution is 0.0960. The summed E-state index contributed by atoms with van der Waals surface area (Å²) in [6, 6.07) is 13.2. The number of thioether (sulfide) groups is 1. The smallest absolute Gasteiger partial charge is 0.243 e. The van der Waals surface area contributed by atoms with Crippen LogP contribution in [0.15, 0.2) is 52.5 Å². The van der Waals surface area contributed by atoms with Crippen molar-refractivity contribution in [2.24, 2.45) is 0 Å². The molecule has 2 aliphatic rings. The number of ether oxygens (including phenoxy) is 1. The summed E-state index contributed by atoms with van der Waals surface area (Å²) in [5, 5.41) is 1.58. The van der Waals surface area contributed by atoms with Gasteiger partial charge < -0.3 is 9.30 Å². The van der Waals surface area contributed by atoms with Gasteiger partial charge in [-0.05, 0) is 61.6 Å². The van der Waals surface area contributed by atoms with Crippen LogP contribution in [0.25, 0.3) is 11.0 Å². The Balaban J connectivity index is 1.48. The van der Waals surface area contributed by atoms with Crippen molar-refractivity contribution in [3.8, 4) is 0 Å². The summed E-state index contributed by atoms with van der Waals surface area (Å²) in [6.07, 6.45) is 4.09. The third-order valence-corrected chi connectivity index (χ3v) is 9.23. The molecule has 0 spiro atoms. The minimum absolute atomic E-state index is 0.158. The molecule has 32 heavy (non-hydrogen) atoms. The Bertz CT molecular complexity index is 1220. The molecule has 9 heteroatoms. The van der Waals surface area contributed by atoms with Crippen LogP contribution >= 0.6 is 23.4 Å². The minimum atomic E-state index is -3.48. The first-order valence-electron chi connectivity index (χ1n) is 11.0. The molecule has 0 aliphatic carbocycles. The van der Waals surface area contributed by atoms with Crippen LogP contribution in [-0.4, -0.2) is 48.1 Å². The Morgan fingerprint density at radius 2 is 1.97 bits per heavy atom. The Kier molecular flexibility index (Phi) is 6.49. The molecule has 6 nitrogen and oxygen atoms in total. The van der Waals surface area contributed by atoms with Crippen LogP contribution in [0.5, 0.6) is 0 Å². The summed E-state index contributed by atoms with van der Waals surface area (Å²) in [4.78, 5) is 5.17. The molecule has 0 amide bonds. The SMILES string of the molecule is O=S(=O)(c1ccc2c(c1)nc(SCc1cccc(Cl)c1)n2CC1CCCO1)N1CCCC1. The van der Waals surface area contributed by atoms with E-state index >= 15 is 0 Å². The van der Waals surface area contributed by atoms with Gasteiger partial charge in [-0.3, -0.25) is 0 Å². The molecule has 0 bridgehead atoms. The highest BCUT2D eigenvalue weighted by Crippen LogP contribution is 2.31. The standard InChI is InChI=1S/C23H26ClN3O3S2/c24-18-6-3-5-17(13-18)16-31-23-25-21-14-20(32(28,29)26-10-1-2-11-26)8-9-22(21)27(23)15-19-7-4-12-30-19/h3,5-6,8-9,13-14,19H,1-2,4,7,10-12,15-16H2. The molecule has 2 fully saturated rings. The quantitative estimate of drug-likeness (QED) is 0.438. The fourth-order valence-corrected chi connectivity index (χ4v) is 7.10. The first kappa shape index (κ1) is 22.2. The Morgan fingerprint density at radius 3 is 2.72 bits per heavy atom. The van der Waals surface area contributed by atoms with Crippen LogP contribution in [0, 0.1) is 0 Å². The zero-order valence-electron chi connectivity index (χ0n) is 17.7. The molecule has 3 aromatic rings. The maximum atomic E-state index is 13.0. The lowest BCUT2D eigenvalue weighted by Gasteiger charge is -2.16. The van der Waals surface area contributed by atoms with E-state index in [2.05, 4.69) is 4.57 Å². The van der Waals surface area contributed by atoms with Gasteiger partial charge in [-0.25, -0.2) is 13.4 Å². The average molecular weight is 492 g/mol. The van der Waals surface area contributed by atoms with Crippen molar-refractivity contribution in [2.75, 3.05) is 19.7 Å². The molecule has 1 atom stereocenters. The largest absolute Gasteiger partial charge is 0.376 e. The van der Waals surface area contributed by atoms with Crippen LogP contribution in [0.3, 0.4) is 0 Å². The van der Waals surface area contributed by atoms with Gasteiger partial charge in [0.2, 0.25) is 10.0 Å². The van der Waals surface area contributed by atoms with Crippen molar-refractivity contribution in [3.63, 3.8) is 0 Å². The fourth-order valence-electron chi connectivity index (χ4n) is 4.38. The Labute approximate surface area is 198 Å². The molecule has 170 valence electrons. The monoisotopic (exact) mass is 491 g/mol. The third-order valence-electron chi connectivity index (χ3n) is 6.05. The minimum Gasteiger partial charge on any atom is -0.376 e. The lowest BCUT2D eigenvalue weighted by Crippen LogP contribution is -2.27. The van der Waals surface area contributed by atoms with Gasteiger partial charge in [-0.2, -0.15) is 4.31 Å². The van der Waals surface area contributed by atoms with E-state index in [1.54, 1.807) is 28.2 Å². The van der Waals surface area contributed by atoms with Gasteiger partial charge >= 0.3 is 0 Å². The molecule has 3 heterocycles. The second kappa shape index (κ2) is 9.35. The summed E-state index contributed by atoms with van der Waals surface area (Å²) >= 11 is 7.78. The highest BCUT2D eigenvalue weighted by Gasteiger charge is 2.28. The summed E-state index contributed by atoms with van der Waals surface area (Å²) < 4.78 is 35.7. The summed E-state index contributed by atoms with van der Waals surface area (Å²) in [5.41, 5.74) is 2.77. The van der Waals surface area contributed by atoms with Crippen molar-refractivity contribution >= 4 is 44.4 Å². The van der Waals surface area contributed by atoms with Crippen LogP contribution in [0.2, 0.25) is 5.02 Å². The van der Waals surface area contributed by atoms with Gasteiger partial charge in [-0.1, -0.05) is 35.5 Å². The molecular formula is C23H26ClN3O3S2. The van der Waals surface area contributed by atoms with E-state index in [-0.39, 0.29) is 6.10 Å². The number of benzene rings is 2. The molecule has 2 aromatic carbocycles. The molecule has 0 radical (unpaired) electrons. The number of halogens is 1. The van der Waals surface area contributed by atoms with Crippen LogP contribution in [0.1, 0.15) is 31.2 Å². The predicted molar refractivity (Wildman–Crippen MR) is 128 cm³/mol. The summed E-state index contributed by atoms with van der Waals surface area (Å²) in [7, 11) is -3.48. The number of imidazole rings is 1. The topological polar surface area (TPSA) is 64.4 Å². The van der Waals surface area contributed by atoms with E-state index in [1.807, 2.05) is 30.3 Å². The summed E-state index contributed by atoms with van der Waals surface area (Å²) in [5.74, 6) is 0.730. The van der Waals surface area contributed by atoms with Crippen molar-refractivity contribution < 1.29 is 13.2 Å². The van der Waals surface area contributed by atoms with Gasteiger partial charge in [-0.15, -0.1) is 0 Å². The van der Waals surface area contributed by atoms with Gasteiger partial charge in [0.15, 0.2) is 5.16 Å². The van der Waals surface area contributed by atoms with Gasteiger partial charge in [0.25, 0.3) is 0 Å². The second-order valence-corrected chi connectivity index (χ2v) is 11.6. The molecular weight excluding hydrogens is 466 g/mol. The highest BCUT2D eigenvalue weighted by molar-refractivity contribution is 7.98. The van der Waals surface area contributed by atoms with Crippen molar-refractivity contribution in [3.05, 3.63) is 53.1 Å². The zero-order chi connectivity index (χ0) is 22.1. The first-order chi connectivity index (χ1) is 15.5. The number of rotatable bonds is 7. The van der Waals surface area contributed by atoms with Gasteiger partial charge in [0.1, 0.15) is 0 Å². The zero-order valence-corrected chi connectivity index (χ0v) is 20.1. The second-order valence-electron chi connectivity index (χ2n) is 8.32. The number of nitrogens with zero attached hydrogens (tertiary/aromatic N) is 3. The van der Waals surface area contributed by atoms with E-state index in [4.69, 9.17) is 21.3 Å². The molecule has 0 N–H and O–H groups in total. The van der Waals surface area contributed by atoms with E-state index in [0.717, 1.165) is 54.3 Å². The maximum absolute atomic E-state index is 13.0. The number of hydrogen-bond donors (Lipinski definition) is 0. The number of fused-ring (bicyclic) bond motifs is 1. The Morgan fingerprint density at radius 1 is 1.12 bits per heavy atom. The van der Waals surface area contributed by atoms with Gasteiger partial charge in [0, 0.05) is 30.5 Å². The van der Waals surface area contributed by atoms with Crippen molar-refractivity contribution in [2.45, 2.75) is 54.1 Å². The third kappa shape index (κ3) is 4.56. The average Bonchev–Trinajstić information content (AvgIpc) is 3.54. The predicted octanol–water partition coefficient (Wildman–Crippen LogP) is 4.95. The molecule has 2 aliphatic heterocycles. The van der Waals surface area contributed by atoms with E-state index in [1.165, 1.54) is 0 Å². The van der Waals surface area contributed by atoms with Crippen molar-refractivity contribution in [1.82, 2.24) is 13.9 Å². The van der Waals surface area contributed by atoms with E-state index in [0.29, 0.717) is 35.1 Å². The number of aromatic nitrogens is 2. The molecule has 0 saturated carbocycles. The molecule has 2 saturated heterocycles. The van der Waals surface area contributed by atoms with Crippen LogP contribution < -0.4 is 0 Å². The van der Waals surface area contributed by atoms with E-state index in [9.17, 15) is 8.42 Å². The van der Waals surface area contributed by atoms with Crippen LogP contribution in [0.4, 0.5) is 0 Å². The summed E-state index contributed by atoms with van der Waals surface area (Å²) in [6.45, 7) is 2.69. The van der Waals surface area contributed by atoms with Crippen molar-refractivity contribution in [1.29, 1.82) is 0 Å². The molecule has 1 unspecified atom stereocenters. The first-order valence-corrected chi connectivity index (χ1v) is 13.8. The van der Waals surface area contributed by atoms with Crippen LogP contribution in [-0.2, 0) is 27.1 Å². The lowest BCUT2D eigenvalue weighted by atomic mass is 10.2. The van der Waals surface area contributed by atoms with E-state index < -0.39 is 10.0 Å². The Hall–Kier alpha value is -1.58.